The van der Waals surface area contributed by atoms with E-state index in [1.165, 1.54) is 0 Å². The van der Waals surface area contributed by atoms with Crippen molar-refractivity contribution in [3.63, 3.8) is 0 Å². The van der Waals surface area contributed by atoms with E-state index in [1.807, 2.05) is 32.0 Å². The fourth-order valence-electron chi connectivity index (χ4n) is 3.72. The Balaban J connectivity index is 1.81. The number of aryl methyl sites for hydroxylation is 1. The van der Waals surface area contributed by atoms with Gasteiger partial charge in [-0.1, -0.05) is 13.0 Å². The van der Waals surface area contributed by atoms with Gasteiger partial charge in [0.05, 0.1) is 0 Å². The first-order chi connectivity index (χ1) is 13.9. The molecule has 1 fully saturated rings. The summed E-state index contributed by atoms with van der Waals surface area (Å²) in [5, 5.41) is 12.3. The first-order valence-corrected chi connectivity index (χ1v) is 9.95. The van der Waals surface area contributed by atoms with Crippen LogP contribution in [0, 0.1) is 25.2 Å². The molecule has 6 heteroatoms. The van der Waals surface area contributed by atoms with Crippen molar-refractivity contribution in [2.24, 2.45) is 0 Å². The molecule has 29 heavy (non-hydrogen) atoms. The molecule has 2 aromatic rings. The van der Waals surface area contributed by atoms with E-state index < -0.39 is 5.91 Å². The van der Waals surface area contributed by atoms with Crippen LogP contribution in [0.2, 0.25) is 0 Å². The van der Waals surface area contributed by atoms with Gasteiger partial charge in [-0.25, -0.2) is 0 Å². The van der Waals surface area contributed by atoms with Crippen molar-refractivity contribution in [2.45, 2.75) is 46.6 Å². The third-order valence-corrected chi connectivity index (χ3v) is 5.21. The molecule has 150 valence electrons. The molecule has 1 aliphatic heterocycles. The average molecular weight is 390 g/mol. The number of benzene rings is 1. The number of hydrogen-bond acceptors (Lipinski definition) is 3. The predicted octanol–water partition coefficient (Wildman–Crippen LogP) is 4.19. The standard InChI is InChI=1S/C23H26N4O2/c1-4-10-26-16(2)12-18(17(26)3)13-19(15-24)23(29)25-20-7-5-8-21(14-20)27-11-6-9-22(27)28/h5,7-8,12-14H,4,6,9-11H2,1-3H3,(H,25,29)/b19-13+. The SMILES string of the molecule is CCCn1c(C)cc(/C=C(\C#N)C(=O)Nc2cccc(N3CCCC3=O)c2)c1C. The highest BCUT2D eigenvalue weighted by Gasteiger charge is 2.22. The maximum absolute atomic E-state index is 12.7. The molecule has 1 aromatic carbocycles. The maximum Gasteiger partial charge on any atom is 0.266 e. The molecule has 1 saturated heterocycles. The summed E-state index contributed by atoms with van der Waals surface area (Å²) in [5.41, 5.74) is 4.39. The van der Waals surface area contributed by atoms with Gasteiger partial charge in [0, 0.05) is 42.3 Å². The van der Waals surface area contributed by atoms with Gasteiger partial charge in [0.15, 0.2) is 0 Å². The monoisotopic (exact) mass is 390 g/mol. The van der Waals surface area contributed by atoms with Crippen LogP contribution in [-0.2, 0) is 16.1 Å². The van der Waals surface area contributed by atoms with Crippen molar-refractivity contribution in [1.82, 2.24) is 4.57 Å². The first kappa shape index (κ1) is 20.4. The molecule has 0 aliphatic carbocycles. The third-order valence-electron chi connectivity index (χ3n) is 5.21. The van der Waals surface area contributed by atoms with Gasteiger partial charge in [-0.2, -0.15) is 5.26 Å². The Morgan fingerprint density at radius 3 is 2.76 bits per heavy atom. The van der Waals surface area contributed by atoms with Crippen LogP contribution in [0.4, 0.5) is 11.4 Å². The van der Waals surface area contributed by atoms with Crippen LogP contribution in [0.15, 0.2) is 35.9 Å². The topological polar surface area (TPSA) is 78.1 Å². The number of hydrogen-bond donors (Lipinski definition) is 1. The molecule has 1 N–H and O–H groups in total. The highest BCUT2D eigenvalue weighted by molar-refractivity contribution is 6.10. The average Bonchev–Trinajstić information content (AvgIpc) is 3.24. The molecule has 1 aromatic heterocycles. The van der Waals surface area contributed by atoms with E-state index in [1.54, 1.807) is 29.2 Å². The van der Waals surface area contributed by atoms with Gasteiger partial charge in [0.25, 0.3) is 5.91 Å². The largest absolute Gasteiger partial charge is 0.349 e. The van der Waals surface area contributed by atoms with Crippen molar-refractivity contribution in [2.75, 3.05) is 16.8 Å². The molecule has 0 saturated carbocycles. The van der Waals surface area contributed by atoms with Crippen LogP contribution in [0.5, 0.6) is 0 Å². The smallest absolute Gasteiger partial charge is 0.266 e. The minimum absolute atomic E-state index is 0.0457. The summed E-state index contributed by atoms with van der Waals surface area (Å²) in [6.07, 6.45) is 4.04. The lowest BCUT2D eigenvalue weighted by atomic mass is 10.1. The van der Waals surface area contributed by atoms with Crippen LogP contribution in [0.1, 0.15) is 43.1 Å². The molecule has 0 bridgehead atoms. The predicted molar refractivity (Wildman–Crippen MR) is 114 cm³/mol. The molecule has 1 aliphatic rings. The number of aromatic nitrogens is 1. The number of rotatable bonds is 6. The Morgan fingerprint density at radius 2 is 2.10 bits per heavy atom. The van der Waals surface area contributed by atoms with Crippen LogP contribution >= 0.6 is 0 Å². The van der Waals surface area contributed by atoms with Gasteiger partial charge in [-0.3, -0.25) is 9.59 Å². The summed E-state index contributed by atoms with van der Waals surface area (Å²) in [6, 6.07) is 11.2. The van der Waals surface area contributed by atoms with E-state index in [0.717, 1.165) is 42.0 Å². The van der Waals surface area contributed by atoms with E-state index in [0.29, 0.717) is 18.7 Å². The van der Waals surface area contributed by atoms with Crippen LogP contribution in [0.3, 0.4) is 0 Å². The van der Waals surface area contributed by atoms with Crippen LogP contribution in [-0.4, -0.2) is 22.9 Å². The van der Waals surface area contributed by atoms with Crippen molar-refractivity contribution in [1.29, 1.82) is 5.26 Å². The van der Waals surface area contributed by atoms with Crippen LogP contribution in [0.25, 0.3) is 6.08 Å². The highest BCUT2D eigenvalue weighted by Crippen LogP contribution is 2.25. The fourth-order valence-corrected chi connectivity index (χ4v) is 3.72. The number of anilines is 2. The quantitative estimate of drug-likeness (QED) is 0.593. The molecular weight excluding hydrogens is 364 g/mol. The maximum atomic E-state index is 12.7. The third kappa shape index (κ3) is 4.40. The fraction of sp³-hybridized carbons (Fsp3) is 0.348. The van der Waals surface area contributed by atoms with Gasteiger partial charge >= 0.3 is 0 Å². The summed E-state index contributed by atoms with van der Waals surface area (Å²) in [7, 11) is 0. The zero-order chi connectivity index (χ0) is 21.0. The van der Waals surface area contributed by atoms with Gasteiger partial charge in [0.1, 0.15) is 11.6 Å². The zero-order valence-corrected chi connectivity index (χ0v) is 17.2. The summed E-state index contributed by atoms with van der Waals surface area (Å²) < 4.78 is 2.19. The Labute approximate surface area is 171 Å². The molecule has 0 radical (unpaired) electrons. The lowest BCUT2D eigenvalue weighted by molar-refractivity contribution is -0.117. The second-order valence-corrected chi connectivity index (χ2v) is 7.30. The first-order valence-electron chi connectivity index (χ1n) is 9.95. The summed E-state index contributed by atoms with van der Waals surface area (Å²) in [4.78, 5) is 26.4. The second-order valence-electron chi connectivity index (χ2n) is 7.30. The summed E-state index contributed by atoms with van der Waals surface area (Å²) in [6.45, 7) is 7.73. The minimum atomic E-state index is -0.460. The minimum Gasteiger partial charge on any atom is -0.349 e. The van der Waals surface area contributed by atoms with E-state index in [-0.39, 0.29) is 11.5 Å². The van der Waals surface area contributed by atoms with E-state index in [2.05, 4.69) is 16.8 Å². The zero-order valence-electron chi connectivity index (χ0n) is 17.2. The Hall–Kier alpha value is -3.33. The Morgan fingerprint density at radius 1 is 1.31 bits per heavy atom. The number of nitrogens with one attached hydrogen (secondary N) is 1. The van der Waals surface area contributed by atoms with Gasteiger partial charge < -0.3 is 14.8 Å². The van der Waals surface area contributed by atoms with E-state index >= 15 is 0 Å². The van der Waals surface area contributed by atoms with Crippen molar-refractivity contribution in [3.05, 3.63) is 52.9 Å². The highest BCUT2D eigenvalue weighted by atomic mass is 16.2. The van der Waals surface area contributed by atoms with Crippen molar-refractivity contribution < 1.29 is 9.59 Å². The van der Waals surface area contributed by atoms with Crippen molar-refractivity contribution >= 4 is 29.3 Å². The Kier molecular flexibility index (Phi) is 6.18. The summed E-state index contributed by atoms with van der Waals surface area (Å²) >= 11 is 0. The lowest BCUT2D eigenvalue weighted by Gasteiger charge is -2.16. The van der Waals surface area contributed by atoms with E-state index in [9.17, 15) is 14.9 Å². The lowest BCUT2D eigenvalue weighted by Crippen LogP contribution is -2.23. The molecule has 0 spiro atoms. The normalized spacial score (nSPS) is 14.2. The van der Waals surface area contributed by atoms with E-state index in [4.69, 9.17) is 0 Å². The molecular formula is C23H26N4O2. The molecule has 0 unspecified atom stereocenters. The molecule has 6 nitrogen and oxygen atoms in total. The molecule has 3 rings (SSSR count). The number of carbonyl (C=O) groups excluding carboxylic acids is 2. The Bertz CT molecular complexity index is 1010. The number of amides is 2. The van der Waals surface area contributed by atoms with Crippen LogP contribution < -0.4 is 10.2 Å². The second kappa shape index (κ2) is 8.78. The number of nitriles is 1. The number of carbonyl (C=O) groups is 2. The van der Waals surface area contributed by atoms with Gasteiger partial charge in [-0.15, -0.1) is 0 Å². The number of nitrogens with zero attached hydrogens (tertiary/aromatic N) is 3. The van der Waals surface area contributed by atoms with Gasteiger partial charge in [0.2, 0.25) is 5.91 Å². The molecule has 2 amide bonds. The molecule has 0 atom stereocenters. The summed E-state index contributed by atoms with van der Waals surface area (Å²) in [5.74, 6) is -0.369. The van der Waals surface area contributed by atoms with Crippen molar-refractivity contribution in [3.8, 4) is 6.07 Å². The molecule has 2 heterocycles. The van der Waals surface area contributed by atoms with Gasteiger partial charge in [-0.05, 0) is 62.6 Å².